The van der Waals surface area contributed by atoms with E-state index in [9.17, 15) is 24.3 Å². The second kappa shape index (κ2) is 8.44. The molecule has 1 fully saturated rings. The van der Waals surface area contributed by atoms with Crippen LogP contribution in [0.4, 0.5) is 5.69 Å². The topological polar surface area (TPSA) is 128 Å². The molecule has 3 rings (SSSR count). The van der Waals surface area contributed by atoms with E-state index in [1.54, 1.807) is 26.0 Å². The van der Waals surface area contributed by atoms with E-state index in [0.29, 0.717) is 0 Å². The van der Waals surface area contributed by atoms with Crippen molar-refractivity contribution >= 4 is 29.5 Å². The Morgan fingerprint density at radius 2 is 1.45 bits per heavy atom. The van der Waals surface area contributed by atoms with Gasteiger partial charge in [-0.3, -0.25) is 9.59 Å². The molecule has 0 spiro atoms. The highest BCUT2D eigenvalue weighted by molar-refractivity contribution is 6.01. The number of carbonyl (C=O) groups is 4. The number of hydrogen-bond donors (Lipinski definition) is 2. The van der Waals surface area contributed by atoms with Gasteiger partial charge in [-0.25, -0.2) is 9.59 Å². The van der Waals surface area contributed by atoms with Crippen LogP contribution in [-0.4, -0.2) is 54.3 Å². The quantitative estimate of drug-likeness (QED) is 0.519. The number of rotatable bonds is 7. The first-order valence-corrected chi connectivity index (χ1v) is 9.22. The molecule has 0 unspecified atom stereocenters. The highest BCUT2D eigenvalue weighted by Crippen LogP contribution is 2.40. The van der Waals surface area contributed by atoms with Crippen LogP contribution in [0.25, 0.3) is 0 Å². The fourth-order valence-corrected chi connectivity index (χ4v) is 3.50. The molecule has 9 nitrogen and oxygen atoms in total. The molecule has 1 aromatic rings. The smallest absolute Gasteiger partial charge is 0.338 e. The SMILES string of the molecule is CCOC(=O)c1cc(NC(=O)[C@@H]2[C@@H](C(=O)O)[C@@H]3C=C[C@H]2O3)cc(C(=O)OCC)c1. The Hall–Kier alpha value is -3.20. The molecule has 29 heavy (non-hydrogen) atoms. The third-order valence-electron chi connectivity index (χ3n) is 4.71. The summed E-state index contributed by atoms with van der Waals surface area (Å²) in [5, 5.41) is 12.1. The van der Waals surface area contributed by atoms with Gasteiger partial charge in [0, 0.05) is 5.69 Å². The van der Waals surface area contributed by atoms with Crippen LogP contribution in [0.15, 0.2) is 30.4 Å². The molecule has 1 amide bonds. The summed E-state index contributed by atoms with van der Waals surface area (Å²) in [5.41, 5.74) is 0.276. The largest absolute Gasteiger partial charge is 0.481 e. The van der Waals surface area contributed by atoms with Crippen LogP contribution < -0.4 is 5.32 Å². The highest BCUT2D eigenvalue weighted by Gasteiger charge is 2.53. The van der Waals surface area contributed by atoms with Crippen molar-refractivity contribution in [3.05, 3.63) is 41.5 Å². The summed E-state index contributed by atoms with van der Waals surface area (Å²) >= 11 is 0. The number of amides is 1. The Balaban J connectivity index is 1.88. The molecule has 2 N–H and O–H groups in total. The standard InChI is InChI=1S/C20H21NO8/c1-3-27-19(25)10-7-11(20(26)28-4-2)9-12(8-10)21-17(22)15-13-5-6-14(29-13)16(15)18(23)24/h5-9,13-16H,3-4H2,1-2H3,(H,21,22)(H,23,24)/t13-,14+,15+,16+/m1/s1. The fraction of sp³-hybridized carbons (Fsp3) is 0.400. The normalized spacial score (nSPS) is 24.2. The molecule has 1 saturated heterocycles. The average Bonchev–Trinajstić information content (AvgIpc) is 3.29. The third kappa shape index (κ3) is 4.14. The second-order valence-electron chi connectivity index (χ2n) is 6.57. The zero-order chi connectivity index (χ0) is 21.1. The van der Waals surface area contributed by atoms with Crippen LogP contribution in [-0.2, 0) is 23.8 Å². The van der Waals surface area contributed by atoms with Crippen molar-refractivity contribution < 1.29 is 38.5 Å². The second-order valence-corrected chi connectivity index (χ2v) is 6.57. The number of carbonyl (C=O) groups excluding carboxylic acids is 3. The number of anilines is 1. The Morgan fingerprint density at radius 3 is 1.93 bits per heavy atom. The van der Waals surface area contributed by atoms with Crippen molar-refractivity contribution in [2.24, 2.45) is 11.8 Å². The van der Waals surface area contributed by atoms with Crippen LogP contribution >= 0.6 is 0 Å². The van der Waals surface area contributed by atoms with Gasteiger partial charge in [0.05, 0.1) is 42.5 Å². The van der Waals surface area contributed by atoms with Crippen LogP contribution in [0.3, 0.4) is 0 Å². The lowest BCUT2D eigenvalue weighted by Crippen LogP contribution is -2.39. The van der Waals surface area contributed by atoms with E-state index in [2.05, 4.69) is 5.32 Å². The van der Waals surface area contributed by atoms with E-state index in [0.717, 1.165) is 0 Å². The van der Waals surface area contributed by atoms with E-state index < -0.39 is 47.9 Å². The lowest BCUT2D eigenvalue weighted by Gasteiger charge is -2.21. The van der Waals surface area contributed by atoms with Gasteiger partial charge in [-0.15, -0.1) is 0 Å². The van der Waals surface area contributed by atoms with Crippen molar-refractivity contribution in [2.45, 2.75) is 26.1 Å². The lowest BCUT2D eigenvalue weighted by molar-refractivity contribution is -0.145. The van der Waals surface area contributed by atoms with Gasteiger partial charge < -0.3 is 24.6 Å². The van der Waals surface area contributed by atoms with E-state index in [4.69, 9.17) is 14.2 Å². The first-order valence-electron chi connectivity index (χ1n) is 9.22. The number of benzene rings is 1. The maximum atomic E-state index is 12.8. The monoisotopic (exact) mass is 403 g/mol. The third-order valence-corrected chi connectivity index (χ3v) is 4.71. The van der Waals surface area contributed by atoms with Crippen LogP contribution in [0.5, 0.6) is 0 Å². The number of esters is 2. The molecule has 2 aliphatic rings. The minimum atomic E-state index is -1.13. The Labute approximate surface area is 166 Å². The number of carboxylic acids is 1. The summed E-state index contributed by atoms with van der Waals surface area (Å²) in [5.74, 6) is -4.98. The summed E-state index contributed by atoms with van der Waals surface area (Å²) in [7, 11) is 0. The van der Waals surface area contributed by atoms with Crippen molar-refractivity contribution in [3.8, 4) is 0 Å². The van der Waals surface area contributed by atoms with Gasteiger partial charge in [0.2, 0.25) is 5.91 Å². The van der Waals surface area contributed by atoms with Crippen molar-refractivity contribution in [3.63, 3.8) is 0 Å². The molecule has 154 valence electrons. The molecular formula is C20H21NO8. The molecule has 2 heterocycles. The van der Waals surface area contributed by atoms with Crippen LogP contribution in [0.1, 0.15) is 34.6 Å². The van der Waals surface area contributed by atoms with E-state index >= 15 is 0 Å². The minimum Gasteiger partial charge on any atom is -0.481 e. The summed E-state index contributed by atoms with van der Waals surface area (Å²) < 4.78 is 15.4. The summed E-state index contributed by atoms with van der Waals surface area (Å²) in [6.45, 7) is 3.56. The fourth-order valence-electron chi connectivity index (χ4n) is 3.50. The predicted octanol–water partition coefficient (Wildman–Crippen LogP) is 1.63. The summed E-state index contributed by atoms with van der Waals surface area (Å²) in [4.78, 5) is 48.6. The molecular weight excluding hydrogens is 382 g/mol. The molecule has 2 bridgehead atoms. The molecule has 4 atom stereocenters. The van der Waals surface area contributed by atoms with E-state index in [1.165, 1.54) is 18.2 Å². The number of nitrogens with one attached hydrogen (secondary N) is 1. The van der Waals surface area contributed by atoms with Gasteiger partial charge in [-0.1, -0.05) is 12.2 Å². The molecule has 2 aliphatic heterocycles. The van der Waals surface area contributed by atoms with E-state index in [1.807, 2.05) is 0 Å². The molecule has 9 heteroatoms. The number of fused-ring (bicyclic) bond motifs is 2. The molecule has 0 aliphatic carbocycles. The van der Waals surface area contributed by atoms with Crippen LogP contribution in [0, 0.1) is 11.8 Å². The van der Waals surface area contributed by atoms with Gasteiger partial charge in [0.15, 0.2) is 0 Å². The van der Waals surface area contributed by atoms with Gasteiger partial charge in [-0.2, -0.15) is 0 Å². The Kier molecular flexibility index (Phi) is 5.97. The first kappa shape index (κ1) is 20.5. The minimum absolute atomic E-state index is 0.0616. The van der Waals surface area contributed by atoms with Crippen molar-refractivity contribution in [1.82, 2.24) is 0 Å². The zero-order valence-corrected chi connectivity index (χ0v) is 15.9. The Morgan fingerprint density at radius 1 is 0.931 bits per heavy atom. The maximum Gasteiger partial charge on any atom is 0.338 e. The van der Waals surface area contributed by atoms with E-state index in [-0.39, 0.29) is 30.0 Å². The molecule has 0 saturated carbocycles. The van der Waals surface area contributed by atoms with Crippen LogP contribution in [0.2, 0.25) is 0 Å². The molecule has 0 radical (unpaired) electrons. The summed E-state index contributed by atoms with van der Waals surface area (Å²) in [6, 6.07) is 4.03. The summed E-state index contributed by atoms with van der Waals surface area (Å²) in [6.07, 6.45) is 1.99. The maximum absolute atomic E-state index is 12.8. The predicted molar refractivity (Wildman–Crippen MR) is 99.4 cm³/mol. The van der Waals surface area contributed by atoms with Gasteiger partial charge in [0.1, 0.15) is 5.92 Å². The zero-order valence-electron chi connectivity index (χ0n) is 15.9. The molecule has 1 aromatic carbocycles. The van der Waals surface area contributed by atoms with Crippen molar-refractivity contribution in [2.75, 3.05) is 18.5 Å². The number of carboxylic acid groups (broad SMARTS) is 1. The van der Waals surface area contributed by atoms with Gasteiger partial charge in [-0.05, 0) is 32.0 Å². The number of aliphatic carboxylic acids is 1. The lowest BCUT2D eigenvalue weighted by atomic mass is 9.82. The average molecular weight is 403 g/mol. The number of ether oxygens (including phenoxy) is 3. The highest BCUT2D eigenvalue weighted by atomic mass is 16.5. The Bertz CT molecular complexity index is 841. The van der Waals surface area contributed by atoms with Gasteiger partial charge in [0.25, 0.3) is 0 Å². The number of hydrogen-bond acceptors (Lipinski definition) is 7. The first-order chi connectivity index (χ1) is 13.8. The van der Waals surface area contributed by atoms with Crippen molar-refractivity contribution in [1.29, 1.82) is 0 Å². The molecule has 0 aromatic heterocycles. The van der Waals surface area contributed by atoms with Gasteiger partial charge >= 0.3 is 17.9 Å².